The summed E-state index contributed by atoms with van der Waals surface area (Å²) >= 11 is 0. The Morgan fingerprint density at radius 3 is 2.82 bits per heavy atom. The Labute approximate surface area is 97.6 Å². The van der Waals surface area contributed by atoms with Crippen molar-refractivity contribution in [3.8, 4) is 5.75 Å². The van der Waals surface area contributed by atoms with Crippen LogP contribution >= 0.6 is 7.82 Å². The van der Waals surface area contributed by atoms with Crippen LogP contribution in [-0.2, 0) is 11.0 Å². The van der Waals surface area contributed by atoms with Gasteiger partial charge in [0.1, 0.15) is 0 Å². The molecule has 0 fully saturated rings. The second-order valence-corrected chi connectivity index (χ2v) is 4.78. The Kier molecular flexibility index (Phi) is 3.22. The molecule has 1 aromatic heterocycles. The van der Waals surface area contributed by atoms with E-state index in [4.69, 9.17) is 15.5 Å². The van der Waals surface area contributed by atoms with Crippen molar-refractivity contribution in [3.05, 3.63) is 30.0 Å². The van der Waals surface area contributed by atoms with Crippen LogP contribution < -0.4 is 10.3 Å². The van der Waals surface area contributed by atoms with Crippen LogP contribution in [0.5, 0.6) is 5.75 Å². The summed E-state index contributed by atoms with van der Waals surface area (Å²) in [6.45, 7) is 0.510. The molecule has 1 aromatic carbocycles. The molecule has 92 valence electrons. The van der Waals surface area contributed by atoms with Gasteiger partial charge in [-0.3, -0.25) is 9.79 Å². The zero-order valence-electron chi connectivity index (χ0n) is 8.96. The number of aromatic nitrogens is 1. The van der Waals surface area contributed by atoms with Gasteiger partial charge < -0.3 is 15.2 Å². The van der Waals surface area contributed by atoms with Crippen LogP contribution in [-0.4, -0.2) is 21.3 Å². The maximum atomic E-state index is 10.8. The molecule has 2 rings (SSSR count). The molecule has 17 heavy (non-hydrogen) atoms. The fraction of sp³-hybridized carbons (Fsp3) is 0.200. The molecule has 0 aliphatic carbocycles. The molecule has 0 bridgehead atoms. The monoisotopic (exact) mass is 256 g/mol. The van der Waals surface area contributed by atoms with Crippen molar-refractivity contribution in [2.24, 2.45) is 5.73 Å². The van der Waals surface area contributed by atoms with E-state index in [9.17, 15) is 4.57 Å². The van der Waals surface area contributed by atoms with Crippen molar-refractivity contribution in [2.45, 2.75) is 6.42 Å². The zero-order valence-corrected chi connectivity index (χ0v) is 9.85. The summed E-state index contributed by atoms with van der Waals surface area (Å²) in [5, 5.41) is 0.862. The lowest BCUT2D eigenvalue weighted by atomic mass is 10.1. The molecule has 0 spiro atoms. The van der Waals surface area contributed by atoms with Gasteiger partial charge in [-0.15, -0.1) is 0 Å². The molecule has 0 radical (unpaired) electrons. The summed E-state index contributed by atoms with van der Waals surface area (Å²) in [4.78, 5) is 20.5. The van der Waals surface area contributed by atoms with Crippen LogP contribution in [0.4, 0.5) is 0 Å². The van der Waals surface area contributed by atoms with E-state index >= 15 is 0 Å². The van der Waals surface area contributed by atoms with Gasteiger partial charge in [0.25, 0.3) is 0 Å². The molecular formula is C10H13N2O4P. The van der Waals surface area contributed by atoms with Crippen molar-refractivity contribution >= 4 is 18.7 Å². The highest BCUT2D eigenvalue weighted by Crippen LogP contribution is 2.40. The van der Waals surface area contributed by atoms with E-state index in [2.05, 4.69) is 9.51 Å². The van der Waals surface area contributed by atoms with Crippen molar-refractivity contribution in [1.82, 2.24) is 4.98 Å². The van der Waals surface area contributed by atoms with Gasteiger partial charge in [0.15, 0.2) is 5.75 Å². The summed E-state index contributed by atoms with van der Waals surface area (Å²) < 4.78 is 15.4. The predicted molar refractivity (Wildman–Crippen MR) is 63.7 cm³/mol. The maximum absolute atomic E-state index is 10.8. The van der Waals surface area contributed by atoms with E-state index in [1.54, 1.807) is 12.3 Å². The third kappa shape index (κ3) is 2.68. The van der Waals surface area contributed by atoms with Gasteiger partial charge in [-0.1, -0.05) is 12.1 Å². The number of nitrogens with one attached hydrogen (secondary N) is 1. The van der Waals surface area contributed by atoms with Crippen LogP contribution in [0.25, 0.3) is 10.9 Å². The van der Waals surface area contributed by atoms with Gasteiger partial charge in [0.05, 0.1) is 5.52 Å². The molecule has 0 saturated carbocycles. The van der Waals surface area contributed by atoms with Gasteiger partial charge in [0, 0.05) is 11.6 Å². The lowest BCUT2D eigenvalue weighted by molar-refractivity contribution is 0.284. The van der Waals surface area contributed by atoms with E-state index < -0.39 is 7.82 Å². The third-order valence-corrected chi connectivity index (χ3v) is 2.83. The van der Waals surface area contributed by atoms with Crippen molar-refractivity contribution in [3.63, 3.8) is 0 Å². The number of para-hydroxylation sites is 1. The largest absolute Gasteiger partial charge is 0.524 e. The summed E-state index contributed by atoms with van der Waals surface area (Å²) in [5.41, 5.74) is 7.05. The lowest BCUT2D eigenvalue weighted by Gasteiger charge is -2.07. The molecule has 6 nitrogen and oxygen atoms in total. The number of phosphoric ester groups is 1. The molecular weight excluding hydrogens is 243 g/mol. The van der Waals surface area contributed by atoms with Crippen LogP contribution in [0, 0.1) is 0 Å². The average molecular weight is 256 g/mol. The summed E-state index contributed by atoms with van der Waals surface area (Å²) in [7, 11) is -4.54. The molecule has 0 amide bonds. The lowest BCUT2D eigenvalue weighted by Crippen LogP contribution is -2.01. The molecule has 0 saturated heterocycles. The van der Waals surface area contributed by atoms with Gasteiger partial charge >= 0.3 is 7.82 Å². The smallest absolute Gasteiger partial charge is 0.402 e. The molecule has 7 heteroatoms. The fourth-order valence-corrected chi connectivity index (χ4v) is 2.16. The SMILES string of the molecule is NCCc1c[nH]c2c(OP(=O)(O)O)cccc12. The van der Waals surface area contributed by atoms with Crippen LogP contribution in [0.15, 0.2) is 24.4 Å². The molecule has 0 atom stereocenters. The number of hydrogen-bond donors (Lipinski definition) is 4. The Morgan fingerprint density at radius 2 is 2.18 bits per heavy atom. The predicted octanol–water partition coefficient (Wildman–Crippen LogP) is 1.14. The quantitative estimate of drug-likeness (QED) is 0.613. The van der Waals surface area contributed by atoms with E-state index in [0.29, 0.717) is 18.5 Å². The van der Waals surface area contributed by atoms with E-state index in [-0.39, 0.29) is 5.75 Å². The number of fused-ring (bicyclic) bond motifs is 1. The maximum Gasteiger partial charge on any atom is 0.524 e. The Bertz CT molecular complexity index is 575. The Hall–Kier alpha value is -1.33. The first kappa shape index (κ1) is 12.1. The first-order valence-electron chi connectivity index (χ1n) is 5.05. The van der Waals surface area contributed by atoms with Crippen LogP contribution in [0.1, 0.15) is 5.56 Å². The summed E-state index contributed by atoms with van der Waals surface area (Å²) in [5.74, 6) is 0.138. The second-order valence-electron chi connectivity index (χ2n) is 3.61. The Morgan fingerprint density at radius 1 is 1.41 bits per heavy atom. The molecule has 0 aliphatic heterocycles. The second kappa shape index (κ2) is 4.50. The highest BCUT2D eigenvalue weighted by atomic mass is 31.2. The molecule has 0 aliphatic rings. The van der Waals surface area contributed by atoms with Gasteiger partial charge in [0.2, 0.25) is 0 Å². The number of aromatic amines is 1. The minimum Gasteiger partial charge on any atom is -0.402 e. The number of rotatable bonds is 4. The number of H-pyrrole nitrogens is 1. The first-order chi connectivity index (χ1) is 8.01. The molecule has 2 aromatic rings. The molecule has 0 unspecified atom stereocenters. The van der Waals surface area contributed by atoms with E-state index in [1.165, 1.54) is 6.07 Å². The van der Waals surface area contributed by atoms with Crippen LogP contribution in [0.3, 0.4) is 0 Å². The molecule has 5 N–H and O–H groups in total. The van der Waals surface area contributed by atoms with Gasteiger partial charge in [-0.2, -0.15) is 0 Å². The number of phosphoric acid groups is 1. The average Bonchev–Trinajstić information content (AvgIpc) is 2.61. The van der Waals surface area contributed by atoms with Gasteiger partial charge in [-0.25, -0.2) is 4.57 Å². The summed E-state index contributed by atoms with van der Waals surface area (Å²) in [6, 6.07) is 5.04. The highest BCUT2D eigenvalue weighted by molar-refractivity contribution is 7.46. The van der Waals surface area contributed by atoms with Crippen LogP contribution in [0.2, 0.25) is 0 Å². The van der Waals surface area contributed by atoms with Crippen molar-refractivity contribution < 1.29 is 18.9 Å². The molecule has 1 heterocycles. The Balaban J connectivity index is 2.48. The summed E-state index contributed by atoms with van der Waals surface area (Å²) in [6.07, 6.45) is 2.46. The zero-order chi connectivity index (χ0) is 12.5. The topological polar surface area (TPSA) is 109 Å². The van der Waals surface area contributed by atoms with E-state index in [1.807, 2.05) is 6.07 Å². The standard InChI is InChI=1S/C10H13N2O4P/c11-5-4-7-6-12-10-8(7)2-1-3-9(10)16-17(13,14)15/h1-3,6,12H,4-5,11H2,(H2,13,14,15). The van der Waals surface area contributed by atoms with E-state index in [0.717, 1.165) is 10.9 Å². The minimum atomic E-state index is -4.54. The van der Waals surface area contributed by atoms with Gasteiger partial charge in [-0.05, 0) is 24.6 Å². The third-order valence-electron chi connectivity index (χ3n) is 2.39. The van der Waals surface area contributed by atoms with Crippen molar-refractivity contribution in [1.29, 1.82) is 0 Å². The highest BCUT2D eigenvalue weighted by Gasteiger charge is 2.18. The fourth-order valence-electron chi connectivity index (χ4n) is 1.75. The number of benzene rings is 1. The van der Waals surface area contributed by atoms with Crippen molar-refractivity contribution in [2.75, 3.05) is 6.54 Å². The number of hydrogen-bond acceptors (Lipinski definition) is 3. The number of nitrogens with two attached hydrogens (primary N) is 1. The normalized spacial score (nSPS) is 11.9. The first-order valence-corrected chi connectivity index (χ1v) is 6.58. The minimum absolute atomic E-state index is 0.138.